The lowest BCUT2D eigenvalue weighted by Gasteiger charge is -2.03. The molecule has 6 nitrogen and oxygen atoms in total. The van der Waals surface area contributed by atoms with Crippen molar-refractivity contribution < 1.29 is 14.5 Å². The number of benzene rings is 1. The van der Waals surface area contributed by atoms with Gasteiger partial charge in [0.15, 0.2) is 5.78 Å². The summed E-state index contributed by atoms with van der Waals surface area (Å²) >= 11 is 5.37. The van der Waals surface area contributed by atoms with Crippen molar-refractivity contribution in [2.75, 3.05) is 17.7 Å². The average Bonchev–Trinajstić information content (AvgIpc) is 2.28. The lowest BCUT2D eigenvalue weighted by Crippen LogP contribution is -2.21. The van der Waals surface area contributed by atoms with E-state index in [4.69, 9.17) is 11.6 Å². The molecule has 0 radical (unpaired) electrons. The molecule has 90 valence electrons. The third-order valence-corrected chi connectivity index (χ3v) is 2.13. The predicted molar refractivity (Wildman–Crippen MR) is 62.0 cm³/mol. The van der Waals surface area contributed by atoms with Crippen molar-refractivity contribution in [1.82, 2.24) is 0 Å². The van der Waals surface area contributed by atoms with E-state index >= 15 is 0 Å². The molecule has 1 aromatic carbocycles. The Morgan fingerprint density at radius 1 is 1.29 bits per heavy atom. The molecule has 0 bridgehead atoms. The molecular formula is C10H9ClN2O4. The Labute approximate surface area is 102 Å². The van der Waals surface area contributed by atoms with Crippen LogP contribution >= 0.6 is 11.6 Å². The molecule has 0 atom stereocenters. The van der Waals surface area contributed by atoms with E-state index in [1.807, 2.05) is 0 Å². The van der Waals surface area contributed by atoms with Gasteiger partial charge in [-0.3, -0.25) is 19.7 Å². The molecule has 0 unspecified atom stereocenters. The number of nitro groups is 1. The van der Waals surface area contributed by atoms with Crippen molar-refractivity contribution in [3.63, 3.8) is 0 Å². The number of alkyl halides is 1. The average molecular weight is 257 g/mol. The summed E-state index contributed by atoms with van der Waals surface area (Å²) in [5, 5.41) is 12.4. The van der Waals surface area contributed by atoms with Gasteiger partial charge in [0, 0.05) is 16.2 Å². The molecule has 1 amide bonds. The number of ketones is 1. The Hall–Kier alpha value is -1.95. The van der Waals surface area contributed by atoms with Gasteiger partial charge in [0.05, 0.1) is 5.88 Å². The van der Waals surface area contributed by atoms with Gasteiger partial charge in [0.2, 0.25) is 0 Å². The Morgan fingerprint density at radius 3 is 2.35 bits per heavy atom. The molecule has 0 aliphatic rings. The van der Waals surface area contributed by atoms with Gasteiger partial charge in [-0.2, -0.15) is 0 Å². The Balaban J connectivity index is 2.65. The molecule has 0 aromatic heterocycles. The number of Topliss-reactive ketones (excluding diaryl/α,β-unsaturated/α-hetero) is 1. The van der Waals surface area contributed by atoms with Crippen LogP contribution in [-0.4, -0.2) is 29.0 Å². The minimum atomic E-state index is -0.789. The highest BCUT2D eigenvalue weighted by Gasteiger charge is 2.10. The van der Waals surface area contributed by atoms with E-state index in [-0.39, 0.29) is 11.7 Å². The Bertz CT molecular complexity index is 444. The van der Waals surface area contributed by atoms with Crippen LogP contribution < -0.4 is 5.32 Å². The highest BCUT2D eigenvalue weighted by molar-refractivity contribution is 6.30. The molecule has 0 aliphatic heterocycles. The molecule has 1 aromatic rings. The number of anilines is 1. The number of nitrogens with zero attached hydrogens (tertiary/aromatic N) is 1. The molecule has 17 heavy (non-hydrogen) atoms. The summed E-state index contributed by atoms with van der Waals surface area (Å²) in [5.41, 5.74) is 0.815. The zero-order valence-electron chi connectivity index (χ0n) is 8.68. The zero-order valence-corrected chi connectivity index (χ0v) is 9.44. The number of carbonyl (C=O) groups is 2. The van der Waals surface area contributed by atoms with Crippen LogP contribution in [0.1, 0.15) is 10.4 Å². The number of hydrogen-bond donors (Lipinski definition) is 1. The van der Waals surface area contributed by atoms with Gasteiger partial charge in [-0.25, -0.2) is 0 Å². The highest BCUT2D eigenvalue weighted by Crippen LogP contribution is 2.10. The first-order valence-electron chi connectivity index (χ1n) is 4.64. The van der Waals surface area contributed by atoms with Crippen molar-refractivity contribution >= 4 is 29.0 Å². The molecule has 7 heteroatoms. The van der Waals surface area contributed by atoms with E-state index in [0.29, 0.717) is 11.3 Å². The van der Waals surface area contributed by atoms with Gasteiger partial charge in [-0.05, 0) is 24.3 Å². The summed E-state index contributed by atoms with van der Waals surface area (Å²) in [6, 6.07) is 5.95. The fraction of sp³-hybridized carbons (Fsp3) is 0.200. The molecule has 0 saturated carbocycles. The third kappa shape index (κ3) is 4.20. The number of amides is 1. The summed E-state index contributed by atoms with van der Waals surface area (Å²) in [4.78, 5) is 31.6. The van der Waals surface area contributed by atoms with Crippen LogP contribution in [0.2, 0.25) is 0 Å². The molecule has 0 heterocycles. The normalized spacial score (nSPS) is 9.71. The SMILES string of the molecule is O=C(C[N+](=O)[O-])Nc1ccc(C(=O)CCl)cc1. The minimum Gasteiger partial charge on any atom is -0.320 e. The lowest BCUT2D eigenvalue weighted by atomic mass is 10.1. The summed E-state index contributed by atoms with van der Waals surface area (Å²) in [7, 11) is 0. The van der Waals surface area contributed by atoms with Crippen LogP contribution in [0.4, 0.5) is 5.69 Å². The predicted octanol–water partition coefficient (Wildman–Crippen LogP) is 1.32. The monoisotopic (exact) mass is 256 g/mol. The van der Waals surface area contributed by atoms with Crippen molar-refractivity contribution in [3.8, 4) is 0 Å². The maximum absolute atomic E-state index is 11.2. The second kappa shape index (κ2) is 5.95. The summed E-state index contributed by atoms with van der Waals surface area (Å²) in [5.74, 6) is -1.06. The first-order valence-corrected chi connectivity index (χ1v) is 5.17. The van der Waals surface area contributed by atoms with Gasteiger partial charge in [0.25, 0.3) is 12.5 Å². The lowest BCUT2D eigenvalue weighted by molar-refractivity contribution is -0.467. The summed E-state index contributed by atoms with van der Waals surface area (Å²) in [6.45, 7) is -0.789. The minimum absolute atomic E-state index is 0.118. The highest BCUT2D eigenvalue weighted by atomic mass is 35.5. The van der Waals surface area contributed by atoms with Crippen molar-refractivity contribution in [2.45, 2.75) is 0 Å². The van der Waals surface area contributed by atoms with Gasteiger partial charge < -0.3 is 5.32 Å². The van der Waals surface area contributed by atoms with Crippen LogP contribution in [0, 0.1) is 10.1 Å². The largest absolute Gasteiger partial charge is 0.320 e. The summed E-state index contributed by atoms with van der Waals surface area (Å²) < 4.78 is 0. The molecule has 0 aliphatic carbocycles. The molecule has 1 N–H and O–H groups in total. The van der Waals surface area contributed by atoms with Crippen LogP contribution in [-0.2, 0) is 4.79 Å². The zero-order chi connectivity index (χ0) is 12.8. The van der Waals surface area contributed by atoms with Crippen LogP contribution in [0.15, 0.2) is 24.3 Å². The van der Waals surface area contributed by atoms with E-state index < -0.39 is 17.4 Å². The maximum atomic E-state index is 11.2. The summed E-state index contributed by atoms with van der Waals surface area (Å²) in [6.07, 6.45) is 0. The number of carbonyl (C=O) groups excluding carboxylic acids is 2. The molecule has 0 saturated heterocycles. The molecule has 0 spiro atoms. The van der Waals surface area contributed by atoms with E-state index in [2.05, 4.69) is 5.32 Å². The quantitative estimate of drug-likeness (QED) is 0.372. The molecular weight excluding hydrogens is 248 g/mol. The van der Waals surface area contributed by atoms with Crippen LogP contribution in [0.3, 0.4) is 0 Å². The number of halogens is 1. The van der Waals surface area contributed by atoms with Crippen molar-refractivity contribution in [2.24, 2.45) is 0 Å². The van der Waals surface area contributed by atoms with E-state index in [1.54, 1.807) is 0 Å². The second-order valence-corrected chi connectivity index (χ2v) is 3.44. The van der Waals surface area contributed by atoms with Gasteiger partial charge in [-0.1, -0.05) is 0 Å². The van der Waals surface area contributed by atoms with E-state index in [0.717, 1.165) is 0 Å². The standard InChI is InChI=1S/C10H9ClN2O4/c11-5-9(14)7-1-3-8(4-2-7)12-10(15)6-13(16)17/h1-4H,5-6H2,(H,12,15). The first-order chi connectivity index (χ1) is 8.02. The number of nitrogens with one attached hydrogen (secondary N) is 1. The fourth-order valence-electron chi connectivity index (χ4n) is 1.13. The van der Waals surface area contributed by atoms with E-state index in [9.17, 15) is 19.7 Å². The smallest absolute Gasteiger partial charge is 0.296 e. The first kappa shape index (κ1) is 13.1. The Morgan fingerprint density at radius 2 is 1.88 bits per heavy atom. The number of rotatable bonds is 5. The van der Waals surface area contributed by atoms with Crippen LogP contribution in [0.25, 0.3) is 0 Å². The van der Waals surface area contributed by atoms with Gasteiger partial charge in [0.1, 0.15) is 0 Å². The fourth-order valence-corrected chi connectivity index (χ4v) is 1.29. The van der Waals surface area contributed by atoms with Gasteiger partial charge >= 0.3 is 0 Å². The van der Waals surface area contributed by atoms with Gasteiger partial charge in [-0.15, -0.1) is 11.6 Å². The van der Waals surface area contributed by atoms with Crippen LogP contribution in [0.5, 0.6) is 0 Å². The van der Waals surface area contributed by atoms with E-state index in [1.165, 1.54) is 24.3 Å². The second-order valence-electron chi connectivity index (χ2n) is 3.17. The van der Waals surface area contributed by atoms with Crippen molar-refractivity contribution in [1.29, 1.82) is 0 Å². The Kier molecular flexibility index (Phi) is 4.59. The molecule has 1 rings (SSSR count). The maximum Gasteiger partial charge on any atom is 0.296 e. The third-order valence-electron chi connectivity index (χ3n) is 1.88. The molecule has 0 fully saturated rings. The topological polar surface area (TPSA) is 89.3 Å². The number of hydrogen-bond acceptors (Lipinski definition) is 4. The van der Waals surface area contributed by atoms with Crippen molar-refractivity contribution in [3.05, 3.63) is 39.9 Å².